The Kier molecular flexibility index (Phi) is 4.01. The molecule has 0 unspecified atom stereocenters. The van der Waals surface area contributed by atoms with Crippen LogP contribution in [0.4, 0.5) is 5.69 Å². The maximum Gasteiger partial charge on any atom is 0.283 e. The van der Waals surface area contributed by atoms with E-state index in [1.54, 1.807) is 0 Å². The molecule has 0 radical (unpaired) electrons. The maximum absolute atomic E-state index is 11.9. The average molecular weight is 285 g/mol. The highest BCUT2D eigenvalue weighted by atomic mass is 35.5. The third-order valence-corrected chi connectivity index (χ3v) is 3.40. The van der Waals surface area contributed by atoms with Crippen LogP contribution in [0.2, 0.25) is 5.02 Å². The van der Waals surface area contributed by atoms with Crippen molar-refractivity contribution in [1.82, 2.24) is 5.32 Å². The van der Waals surface area contributed by atoms with Gasteiger partial charge >= 0.3 is 0 Å². The topological polar surface area (TPSA) is 92.5 Å². The van der Waals surface area contributed by atoms with Crippen LogP contribution >= 0.6 is 11.6 Å². The SMILES string of the molecule is O=C(NCC1CC(O)C1)c1ccc(Cl)cc1[N+](=O)[O-]. The molecule has 1 aliphatic carbocycles. The molecule has 1 aromatic carbocycles. The Balaban J connectivity index is 2.04. The Hall–Kier alpha value is -1.66. The molecule has 1 fully saturated rings. The van der Waals surface area contributed by atoms with Crippen molar-refractivity contribution in [3.05, 3.63) is 38.9 Å². The van der Waals surface area contributed by atoms with Crippen LogP contribution in [0.5, 0.6) is 0 Å². The minimum atomic E-state index is -0.631. The number of nitrogens with zero attached hydrogens (tertiary/aromatic N) is 1. The Morgan fingerprint density at radius 1 is 1.53 bits per heavy atom. The number of nitro benzene ring substituents is 1. The molecule has 0 spiro atoms. The molecule has 0 heterocycles. The van der Waals surface area contributed by atoms with E-state index in [1.165, 1.54) is 12.1 Å². The van der Waals surface area contributed by atoms with E-state index in [4.69, 9.17) is 16.7 Å². The summed E-state index contributed by atoms with van der Waals surface area (Å²) in [5.41, 5.74) is -0.312. The van der Waals surface area contributed by atoms with Crippen molar-refractivity contribution in [2.45, 2.75) is 18.9 Å². The number of nitrogens with one attached hydrogen (secondary N) is 1. The van der Waals surface area contributed by atoms with Gasteiger partial charge in [-0.1, -0.05) is 11.6 Å². The second-order valence-corrected chi connectivity index (χ2v) is 5.06. The van der Waals surface area contributed by atoms with Crippen LogP contribution < -0.4 is 5.32 Å². The van der Waals surface area contributed by atoms with Crippen LogP contribution in [-0.4, -0.2) is 28.6 Å². The Morgan fingerprint density at radius 3 is 2.79 bits per heavy atom. The first-order valence-electron chi connectivity index (χ1n) is 5.87. The molecular weight excluding hydrogens is 272 g/mol. The number of nitro groups is 1. The quantitative estimate of drug-likeness (QED) is 0.651. The lowest BCUT2D eigenvalue weighted by atomic mass is 9.82. The van der Waals surface area contributed by atoms with Crippen molar-refractivity contribution in [1.29, 1.82) is 0 Å². The second kappa shape index (κ2) is 5.54. The normalized spacial score (nSPS) is 21.6. The summed E-state index contributed by atoms with van der Waals surface area (Å²) in [5.74, 6) is -0.255. The fraction of sp³-hybridized carbons (Fsp3) is 0.417. The molecule has 102 valence electrons. The zero-order chi connectivity index (χ0) is 14.0. The van der Waals surface area contributed by atoms with Gasteiger partial charge in [0.05, 0.1) is 11.0 Å². The highest BCUT2D eigenvalue weighted by molar-refractivity contribution is 6.31. The summed E-state index contributed by atoms with van der Waals surface area (Å²) in [6, 6.07) is 3.94. The van der Waals surface area contributed by atoms with E-state index in [1.807, 2.05) is 0 Å². The zero-order valence-electron chi connectivity index (χ0n) is 10.0. The van der Waals surface area contributed by atoms with Crippen LogP contribution in [-0.2, 0) is 0 Å². The van der Waals surface area contributed by atoms with Gasteiger partial charge in [-0.2, -0.15) is 0 Å². The largest absolute Gasteiger partial charge is 0.393 e. The minimum Gasteiger partial charge on any atom is -0.393 e. The highest BCUT2D eigenvalue weighted by Crippen LogP contribution is 2.27. The third-order valence-electron chi connectivity index (χ3n) is 3.16. The van der Waals surface area contributed by atoms with Crippen molar-refractivity contribution in [2.24, 2.45) is 5.92 Å². The van der Waals surface area contributed by atoms with Crippen molar-refractivity contribution in [3.8, 4) is 0 Å². The van der Waals surface area contributed by atoms with E-state index in [2.05, 4.69) is 5.32 Å². The summed E-state index contributed by atoms with van der Waals surface area (Å²) >= 11 is 5.68. The van der Waals surface area contributed by atoms with Gasteiger partial charge in [-0.25, -0.2) is 0 Å². The lowest BCUT2D eigenvalue weighted by Gasteiger charge is -2.31. The number of amides is 1. The molecule has 1 amide bonds. The van der Waals surface area contributed by atoms with E-state index in [-0.39, 0.29) is 28.3 Å². The van der Waals surface area contributed by atoms with Gasteiger partial charge in [0, 0.05) is 17.6 Å². The molecule has 2 N–H and O–H groups in total. The number of hydrogen-bond acceptors (Lipinski definition) is 4. The summed E-state index contributed by atoms with van der Waals surface area (Å²) in [6.07, 6.45) is 1.03. The summed E-state index contributed by atoms with van der Waals surface area (Å²) in [5, 5.41) is 22.8. The fourth-order valence-electron chi connectivity index (χ4n) is 2.05. The van der Waals surface area contributed by atoms with E-state index < -0.39 is 10.8 Å². The van der Waals surface area contributed by atoms with E-state index in [9.17, 15) is 14.9 Å². The van der Waals surface area contributed by atoms with E-state index in [0.717, 1.165) is 6.07 Å². The molecule has 19 heavy (non-hydrogen) atoms. The first kappa shape index (κ1) is 13.8. The number of hydrogen-bond donors (Lipinski definition) is 2. The predicted octanol–water partition coefficient (Wildman–Crippen LogP) is 1.75. The molecule has 1 aromatic rings. The smallest absolute Gasteiger partial charge is 0.283 e. The van der Waals surface area contributed by atoms with Crippen LogP contribution in [0.25, 0.3) is 0 Å². The van der Waals surface area contributed by atoms with Gasteiger partial charge in [0.1, 0.15) is 5.56 Å². The van der Waals surface area contributed by atoms with Crippen molar-refractivity contribution in [3.63, 3.8) is 0 Å². The number of halogens is 1. The average Bonchev–Trinajstić information content (AvgIpc) is 2.32. The monoisotopic (exact) mass is 284 g/mol. The van der Waals surface area contributed by atoms with E-state index in [0.29, 0.717) is 19.4 Å². The molecule has 1 aliphatic rings. The number of aliphatic hydroxyl groups excluding tert-OH is 1. The molecule has 0 aromatic heterocycles. The van der Waals surface area contributed by atoms with Gasteiger partial charge in [0.25, 0.3) is 11.6 Å². The predicted molar refractivity (Wildman–Crippen MR) is 69.2 cm³/mol. The molecule has 0 bridgehead atoms. The molecule has 0 saturated heterocycles. The molecule has 6 nitrogen and oxygen atoms in total. The number of rotatable bonds is 4. The number of carbonyl (C=O) groups is 1. The van der Waals surface area contributed by atoms with Crippen LogP contribution in [0.15, 0.2) is 18.2 Å². The van der Waals surface area contributed by atoms with Crippen molar-refractivity contribution < 1.29 is 14.8 Å². The summed E-state index contributed by atoms with van der Waals surface area (Å²) in [4.78, 5) is 22.1. The maximum atomic E-state index is 11.9. The summed E-state index contributed by atoms with van der Waals surface area (Å²) in [6.45, 7) is 0.412. The van der Waals surface area contributed by atoms with Gasteiger partial charge in [-0.3, -0.25) is 14.9 Å². The molecule has 2 rings (SSSR count). The highest BCUT2D eigenvalue weighted by Gasteiger charge is 2.28. The molecular formula is C12H13ClN2O4. The lowest BCUT2D eigenvalue weighted by Crippen LogP contribution is -2.38. The molecule has 0 aliphatic heterocycles. The molecule has 7 heteroatoms. The van der Waals surface area contributed by atoms with E-state index >= 15 is 0 Å². The lowest BCUT2D eigenvalue weighted by molar-refractivity contribution is -0.385. The summed E-state index contributed by atoms with van der Waals surface area (Å²) < 4.78 is 0. The van der Waals surface area contributed by atoms with Crippen LogP contribution in [0.1, 0.15) is 23.2 Å². The molecule has 0 atom stereocenters. The number of benzene rings is 1. The van der Waals surface area contributed by atoms with Crippen molar-refractivity contribution in [2.75, 3.05) is 6.54 Å². The Morgan fingerprint density at radius 2 is 2.21 bits per heavy atom. The van der Waals surface area contributed by atoms with Gasteiger partial charge in [0.2, 0.25) is 0 Å². The van der Waals surface area contributed by atoms with Gasteiger partial charge < -0.3 is 10.4 Å². The van der Waals surface area contributed by atoms with Gasteiger partial charge in [0.15, 0.2) is 0 Å². The van der Waals surface area contributed by atoms with Crippen LogP contribution in [0, 0.1) is 16.0 Å². The first-order valence-corrected chi connectivity index (χ1v) is 6.25. The van der Waals surface area contributed by atoms with Crippen molar-refractivity contribution >= 4 is 23.2 Å². The third kappa shape index (κ3) is 3.21. The van der Waals surface area contributed by atoms with Gasteiger partial charge in [-0.05, 0) is 30.9 Å². The number of aliphatic hydroxyl groups is 1. The zero-order valence-corrected chi connectivity index (χ0v) is 10.8. The van der Waals surface area contributed by atoms with Crippen LogP contribution in [0.3, 0.4) is 0 Å². The minimum absolute atomic E-state index is 0.00530. The fourth-order valence-corrected chi connectivity index (χ4v) is 2.21. The standard InChI is InChI=1S/C12H13ClN2O4/c13-8-1-2-10(11(5-8)15(18)19)12(17)14-6-7-3-9(16)4-7/h1-2,5,7,9,16H,3-4,6H2,(H,14,17). The first-order chi connectivity index (χ1) is 8.97. The van der Waals surface area contributed by atoms with Gasteiger partial charge in [-0.15, -0.1) is 0 Å². The molecule has 1 saturated carbocycles. The Bertz CT molecular complexity index is 514. The summed E-state index contributed by atoms with van der Waals surface area (Å²) in [7, 11) is 0. The second-order valence-electron chi connectivity index (χ2n) is 4.62. The Labute approximate surface area is 114 Å². The number of carbonyl (C=O) groups excluding carboxylic acids is 1.